The van der Waals surface area contributed by atoms with Gasteiger partial charge in [0.25, 0.3) is 0 Å². The van der Waals surface area contributed by atoms with Crippen molar-refractivity contribution in [2.24, 2.45) is 0 Å². The van der Waals surface area contributed by atoms with Crippen molar-refractivity contribution in [3.8, 4) is 5.75 Å². The molecule has 10 heavy (non-hydrogen) atoms. The van der Waals surface area contributed by atoms with Gasteiger partial charge >= 0.3 is 0 Å². The fraction of sp³-hybridized carbons (Fsp3) is 0.286. The van der Waals surface area contributed by atoms with Crippen LogP contribution in [0.5, 0.6) is 5.75 Å². The van der Waals surface area contributed by atoms with E-state index in [1.807, 2.05) is 0 Å². The quantitative estimate of drug-likeness (QED) is 0.622. The minimum atomic E-state index is -0.206. The van der Waals surface area contributed by atoms with Gasteiger partial charge in [0.1, 0.15) is 19.0 Å². The molecule has 0 amide bonds. The lowest BCUT2D eigenvalue weighted by Crippen LogP contribution is -2.00. The van der Waals surface area contributed by atoms with Crippen molar-refractivity contribution in [2.75, 3.05) is 13.2 Å². The van der Waals surface area contributed by atoms with E-state index in [1.54, 1.807) is 24.5 Å². The van der Waals surface area contributed by atoms with E-state index in [4.69, 9.17) is 4.74 Å². The Kier molecular flexibility index (Phi) is 2.70. The van der Waals surface area contributed by atoms with Gasteiger partial charge in [-0.2, -0.15) is 0 Å². The molecule has 0 atom stereocenters. The molecule has 0 unspecified atom stereocenters. The number of pyridine rings is 1. The Morgan fingerprint density at radius 3 is 2.70 bits per heavy atom. The number of hydrogen-bond acceptors (Lipinski definition) is 2. The molecule has 0 saturated carbocycles. The molecule has 0 aliphatic carbocycles. The first-order valence-corrected chi connectivity index (χ1v) is 3.04. The van der Waals surface area contributed by atoms with Gasteiger partial charge in [-0.25, -0.2) is 5.11 Å². The van der Waals surface area contributed by atoms with Crippen LogP contribution >= 0.6 is 0 Å². The van der Waals surface area contributed by atoms with Crippen molar-refractivity contribution >= 4 is 0 Å². The van der Waals surface area contributed by atoms with Crippen LogP contribution in [0.1, 0.15) is 0 Å². The molecule has 1 aromatic rings. The van der Waals surface area contributed by atoms with Crippen LogP contribution in [0.2, 0.25) is 0 Å². The summed E-state index contributed by atoms with van der Waals surface area (Å²) in [4.78, 5) is 3.80. The van der Waals surface area contributed by atoms with E-state index in [0.29, 0.717) is 5.75 Å². The second-order valence-electron chi connectivity index (χ2n) is 1.74. The van der Waals surface area contributed by atoms with Gasteiger partial charge in [-0.1, -0.05) is 0 Å². The Balaban J connectivity index is 2.43. The zero-order valence-corrected chi connectivity index (χ0v) is 5.49. The smallest absolute Gasteiger partial charge is 0.122 e. The highest BCUT2D eigenvalue weighted by atomic mass is 16.5. The second-order valence-corrected chi connectivity index (χ2v) is 1.74. The number of aromatic nitrogens is 1. The topological polar surface area (TPSA) is 42.0 Å². The summed E-state index contributed by atoms with van der Waals surface area (Å²) in [5, 5.41) is 9.96. The predicted molar refractivity (Wildman–Crippen MR) is 35.3 cm³/mol. The van der Waals surface area contributed by atoms with Crippen LogP contribution in [0.4, 0.5) is 0 Å². The Labute approximate surface area is 59.3 Å². The van der Waals surface area contributed by atoms with Crippen LogP contribution in [0.25, 0.3) is 0 Å². The molecule has 0 fully saturated rings. The summed E-state index contributed by atoms with van der Waals surface area (Å²) < 4.78 is 5.00. The standard InChI is InChI=1S/C7H8NO2/c9-5-6-10-7-1-3-8-4-2-7/h1-4H,5-6H2. The Morgan fingerprint density at radius 1 is 1.40 bits per heavy atom. The predicted octanol–water partition coefficient (Wildman–Crippen LogP) is 0.891. The molecular weight excluding hydrogens is 130 g/mol. The van der Waals surface area contributed by atoms with Gasteiger partial charge in [-0.15, -0.1) is 0 Å². The summed E-state index contributed by atoms with van der Waals surface area (Å²) in [7, 11) is 0. The summed E-state index contributed by atoms with van der Waals surface area (Å²) in [6.07, 6.45) is 3.25. The highest BCUT2D eigenvalue weighted by Crippen LogP contribution is 2.05. The van der Waals surface area contributed by atoms with Crippen LogP contribution in [0, 0.1) is 0 Å². The lowest BCUT2D eigenvalue weighted by molar-refractivity contribution is 0.138. The average molecular weight is 138 g/mol. The molecule has 0 aliphatic rings. The fourth-order valence-corrected chi connectivity index (χ4v) is 0.594. The number of nitrogens with zero attached hydrogens (tertiary/aromatic N) is 1. The van der Waals surface area contributed by atoms with Crippen LogP contribution in [0.15, 0.2) is 24.5 Å². The zero-order valence-electron chi connectivity index (χ0n) is 5.49. The lowest BCUT2D eigenvalue weighted by Gasteiger charge is -2.00. The summed E-state index contributed by atoms with van der Waals surface area (Å²) in [6.45, 7) is 0.0202. The highest BCUT2D eigenvalue weighted by molar-refractivity contribution is 5.16. The van der Waals surface area contributed by atoms with E-state index in [2.05, 4.69) is 4.98 Å². The van der Waals surface area contributed by atoms with Gasteiger partial charge in [0.2, 0.25) is 0 Å². The van der Waals surface area contributed by atoms with Crippen molar-refractivity contribution in [3.05, 3.63) is 24.5 Å². The van der Waals surface area contributed by atoms with Gasteiger partial charge in [0.05, 0.1) is 0 Å². The maximum Gasteiger partial charge on any atom is 0.122 e. The summed E-state index contributed by atoms with van der Waals surface area (Å²) in [5.41, 5.74) is 0. The number of hydrogen-bond donors (Lipinski definition) is 0. The Hall–Kier alpha value is -1.09. The SMILES string of the molecule is [O]CCOc1ccncc1. The van der Waals surface area contributed by atoms with E-state index >= 15 is 0 Å². The van der Waals surface area contributed by atoms with Crippen molar-refractivity contribution in [2.45, 2.75) is 0 Å². The Bertz CT molecular complexity index is 176. The van der Waals surface area contributed by atoms with E-state index in [1.165, 1.54) is 0 Å². The molecule has 53 valence electrons. The monoisotopic (exact) mass is 138 g/mol. The molecule has 3 heteroatoms. The maximum absolute atomic E-state index is 9.96. The fourth-order valence-electron chi connectivity index (χ4n) is 0.594. The molecule has 1 heterocycles. The van der Waals surface area contributed by atoms with Crippen molar-refractivity contribution in [3.63, 3.8) is 0 Å². The Morgan fingerprint density at radius 2 is 2.10 bits per heavy atom. The van der Waals surface area contributed by atoms with Crippen LogP contribution in [-0.2, 0) is 5.11 Å². The van der Waals surface area contributed by atoms with Gasteiger partial charge in [0.15, 0.2) is 0 Å². The van der Waals surface area contributed by atoms with Gasteiger partial charge in [0, 0.05) is 12.4 Å². The molecule has 1 radical (unpaired) electrons. The minimum Gasteiger partial charge on any atom is -0.491 e. The third-order valence-corrected chi connectivity index (χ3v) is 1.00. The lowest BCUT2D eigenvalue weighted by atomic mass is 10.4. The van der Waals surface area contributed by atoms with E-state index in [-0.39, 0.29) is 13.2 Å². The third-order valence-electron chi connectivity index (χ3n) is 1.00. The first kappa shape index (κ1) is 7.02. The van der Waals surface area contributed by atoms with Crippen LogP contribution in [-0.4, -0.2) is 18.2 Å². The van der Waals surface area contributed by atoms with E-state index in [9.17, 15) is 5.11 Å². The maximum atomic E-state index is 9.96. The minimum absolute atomic E-state index is 0.206. The highest BCUT2D eigenvalue weighted by Gasteiger charge is 1.88. The summed E-state index contributed by atoms with van der Waals surface area (Å²) in [5.74, 6) is 0.700. The molecule has 0 saturated heterocycles. The van der Waals surface area contributed by atoms with E-state index in [0.717, 1.165) is 0 Å². The molecule has 0 aromatic carbocycles. The van der Waals surface area contributed by atoms with Crippen molar-refractivity contribution < 1.29 is 9.84 Å². The van der Waals surface area contributed by atoms with Crippen molar-refractivity contribution in [1.82, 2.24) is 4.98 Å². The largest absolute Gasteiger partial charge is 0.491 e. The van der Waals surface area contributed by atoms with Crippen LogP contribution < -0.4 is 4.74 Å². The molecule has 0 spiro atoms. The molecule has 0 bridgehead atoms. The van der Waals surface area contributed by atoms with Crippen LogP contribution in [0.3, 0.4) is 0 Å². The molecular formula is C7H8NO2. The molecule has 0 aliphatic heterocycles. The van der Waals surface area contributed by atoms with E-state index < -0.39 is 0 Å². The third kappa shape index (κ3) is 2.03. The van der Waals surface area contributed by atoms with Gasteiger partial charge in [-0.3, -0.25) is 4.98 Å². The zero-order chi connectivity index (χ0) is 7.23. The summed E-state index contributed by atoms with van der Waals surface area (Å²) >= 11 is 0. The molecule has 0 N–H and O–H groups in total. The molecule has 3 nitrogen and oxygen atoms in total. The molecule has 1 rings (SSSR count). The van der Waals surface area contributed by atoms with Crippen molar-refractivity contribution in [1.29, 1.82) is 0 Å². The first-order valence-electron chi connectivity index (χ1n) is 3.04. The molecule has 1 aromatic heterocycles. The first-order chi connectivity index (χ1) is 4.93. The van der Waals surface area contributed by atoms with Gasteiger partial charge in [-0.05, 0) is 12.1 Å². The number of ether oxygens (including phenoxy) is 1. The average Bonchev–Trinajstić information content (AvgIpc) is 2.03. The number of rotatable bonds is 3. The summed E-state index contributed by atoms with van der Waals surface area (Å²) in [6, 6.07) is 3.44. The second kappa shape index (κ2) is 3.85. The normalized spacial score (nSPS) is 9.30. The van der Waals surface area contributed by atoms with Gasteiger partial charge < -0.3 is 4.74 Å².